The van der Waals surface area contributed by atoms with Crippen LogP contribution in [0.15, 0.2) is 12.3 Å². The summed E-state index contributed by atoms with van der Waals surface area (Å²) in [4.78, 5) is 25.5. The molecule has 1 atom stereocenters. The third kappa shape index (κ3) is 3.48. The first-order valence-corrected chi connectivity index (χ1v) is 7.14. The Morgan fingerprint density at radius 3 is 2.95 bits per heavy atom. The molecule has 0 saturated carbocycles. The summed E-state index contributed by atoms with van der Waals surface area (Å²) >= 11 is 0. The van der Waals surface area contributed by atoms with Crippen LogP contribution >= 0.6 is 0 Å². The summed E-state index contributed by atoms with van der Waals surface area (Å²) in [6.45, 7) is 3.92. The molecule has 116 valence electrons. The Morgan fingerprint density at radius 1 is 1.52 bits per heavy atom. The van der Waals surface area contributed by atoms with E-state index in [4.69, 9.17) is 5.73 Å². The van der Waals surface area contributed by atoms with Crippen molar-refractivity contribution in [1.29, 1.82) is 0 Å². The van der Waals surface area contributed by atoms with Gasteiger partial charge in [0.05, 0.1) is 18.8 Å². The van der Waals surface area contributed by atoms with Crippen LogP contribution in [-0.2, 0) is 11.3 Å². The van der Waals surface area contributed by atoms with Gasteiger partial charge in [0.2, 0.25) is 0 Å². The van der Waals surface area contributed by atoms with Gasteiger partial charge in [0.1, 0.15) is 5.69 Å². The number of rotatable bonds is 4. The van der Waals surface area contributed by atoms with Gasteiger partial charge in [0, 0.05) is 25.8 Å². The second-order valence-corrected chi connectivity index (χ2v) is 5.22. The molecule has 1 fully saturated rings. The van der Waals surface area contributed by atoms with E-state index >= 15 is 0 Å². The summed E-state index contributed by atoms with van der Waals surface area (Å²) in [5.74, 6) is -0.0469. The van der Waals surface area contributed by atoms with Gasteiger partial charge in [0.25, 0.3) is 5.91 Å². The van der Waals surface area contributed by atoms with E-state index in [9.17, 15) is 9.59 Å². The molecule has 0 bridgehead atoms. The Labute approximate surface area is 124 Å². The van der Waals surface area contributed by atoms with Gasteiger partial charge in [-0.1, -0.05) is 6.92 Å². The van der Waals surface area contributed by atoms with Crippen LogP contribution in [0.3, 0.4) is 0 Å². The standard InChI is InChI=1S/C14H22N4O3/c1-3-5-17-8-10(15)7-12(17)13(19)18-6-4-11(9-18)16-14(20)21-2/h7-8,11H,3-6,9,15H2,1-2H3,(H,16,20). The summed E-state index contributed by atoms with van der Waals surface area (Å²) in [7, 11) is 1.33. The second kappa shape index (κ2) is 6.51. The number of methoxy groups -OCH3 is 1. The molecule has 7 nitrogen and oxygen atoms in total. The van der Waals surface area contributed by atoms with Gasteiger partial charge in [-0.2, -0.15) is 0 Å². The Kier molecular flexibility index (Phi) is 4.72. The van der Waals surface area contributed by atoms with Crippen molar-refractivity contribution in [1.82, 2.24) is 14.8 Å². The molecule has 21 heavy (non-hydrogen) atoms. The number of nitrogen functional groups attached to an aromatic ring is 1. The lowest BCUT2D eigenvalue weighted by Crippen LogP contribution is -2.38. The van der Waals surface area contributed by atoms with E-state index in [0.717, 1.165) is 19.4 Å². The molecule has 2 amide bonds. The number of hydrogen-bond donors (Lipinski definition) is 2. The van der Waals surface area contributed by atoms with Gasteiger partial charge in [-0.15, -0.1) is 0 Å². The third-order valence-corrected chi connectivity index (χ3v) is 3.58. The third-order valence-electron chi connectivity index (χ3n) is 3.58. The molecule has 0 radical (unpaired) electrons. The number of aryl methyl sites for hydroxylation is 1. The number of nitrogens with two attached hydrogens (primary N) is 1. The van der Waals surface area contributed by atoms with Crippen molar-refractivity contribution < 1.29 is 14.3 Å². The first kappa shape index (κ1) is 15.2. The molecule has 2 rings (SSSR count). The van der Waals surface area contributed by atoms with E-state index in [0.29, 0.717) is 24.5 Å². The Hall–Kier alpha value is -2.18. The highest BCUT2D eigenvalue weighted by Gasteiger charge is 2.29. The van der Waals surface area contributed by atoms with E-state index in [1.54, 1.807) is 17.2 Å². The van der Waals surface area contributed by atoms with Crippen LogP contribution in [0.5, 0.6) is 0 Å². The average Bonchev–Trinajstić information content (AvgIpc) is 3.05. The summed E-state index contributed by atoms with van der Waals surface area (Å²) in [5.41, 5.74) is 6.99. The molecule has 3 N–H and O–H groups in total. The highest BCUT2D eigenvalue weighted by Crippen LogP contribution is 2.17. The van der Waals surface area contributed by atoms with Gasteiger partial charge in [-0.3, -0.25) is 4.79 Å². The van der Waals surface area contributed by atoms with Crippen LogP contribution < -0.4 is 11.1 Å². The molecule has 0 aliphatic carbocycles. The number of nitrogens with one attached hydrogen (secondary N) is 1. The molecule has 0 aromatic carbocycles. The smallest absolute Gasteiger partial charge is 0.407 e. The second-order valence-electron chi connectivity index (χ2n) is 5.22. The van der Waals surface area contributed by atoms with Gasteiger partial charge in [-0.05, 0) is 18.9 Å². The van der Waals surface area contributed by atoms with E-state index < -0.39 is 6.09 Å². The topological polar surface area (TPSA) is 89.6 Å². The van der Waals surface area contributed by atoms with Gasteiger partial charge in [-0.25, -0.2) is 4.79 Å². The zero-order chi connectivity index (χ0) is 15.4. The largest absolute Gasteiger partial charge is 0.453 e. The number of ether oxygens (including phenoxy) is 1. The maximum Gasteiger partial charge on any atom is 0.407 e. The zero-order valence-electron chi connectivity index (χ0n) is 12.5. The molecule has 1 aliphatic heterocycles. The molecule has 1 saturated heterocycles. The number of anilines is 1. The Balaban J connectivity index is 2.03. The quantitative estimate of drug-likeness (QED) is 0.868. The highest BCUT2D eigenvalue weighted by atomic mass is 16.5. The van der Waals surface area contributed by atoms with Crippen molar-refractivity contribution in [3.05, 3.63) is 18.0 Å². The molecule has 1 aromatic heterocycles. The van der Waals surface area contributed by atoms with Gasteiger partial charge < -0.3 is 25.3 Å². The summed E-state index contributed by atoms with van der Waals surface area (Å²) in [6, 6.07) is 1.65. The molecule has 1 aromatic rings. The minimum Gasteiger partial charge on any atom is -0.453 e. The van der Waals surface area contributed by atoms with Crippen molar-refractivity contribution in [2.75, 3.05) is 25.9 Å². The molecule has 1 aliphatic rings. The predicted octanol–water partition coefficient (Wildman–Crippen LogP) is 1.05. The number of amides is 2. The maximum atomic E-state index is 12.6. The van der Waals surface area contributed by atoms with Crippen molar-refractivity contribution in [3.63, 3.8) is 0 Å². The number of aromatic nitrogens is 1. The fourth-order valence-electron chi connectivity index (χ4n) is 2.59. The summed E-state index contributed by atoms with van der Waals surface area (Å²) in [6.07, 6.45) is 2.98. The van der Waals surface area contributed by atoms with Crippen molar-refractivity contribution >= 4 is 17.7 Å². The molecule has 2 heterocycles. The summed E-state index contributed by atoms with van der Waals surface area (Å²) in [5, 5.41) is 2.72. The van der Waals surface area contributed by atoms with Crippen LogP contribution in [0.2, 0.25) is 0 Å². The fourth-order valence-corrected chi connectivity index (χ4v) is 2.59. The first-order valence-electron chi connectivity index (χ1n) is 7.14. The van der Waals surface area contributed by atoms with E-state index in [1.165, 1.54) is 7.11 Å². The van der Waals surface area contributed by atoms with Crippen molar-refractivity contribution in [2.45, 2.75) is 32.4 Å². The maximum absolute atomic E-state index is 12.6. The normalized spacial score (nSPS) is 17.8. The SMILES string of the molecule is CCCn1cc(N)cc1C(=O)N1CCC(NC(=O)OC)C1. The lowest BCUT2D eigenvalue weighted by Gasteiger charge is -2.18. The minimum atomic E-state index is -0.465. The lowest BCUT2D eigenvalue weighted by molar-refractivity contribution is 0.0777. The van der Waals surface area contributed by atoms with E-state index in [1.807, 2.05) is 4.57 Å². The number of hydrogen-bond acceptors (Lipinski definition) is 4. The van der Waals surface area contributed by atoms with Gasteiger partial charge >= 0.3 is 6.09 Å². The predicted molar refractivity (Wildman–Crippen MR) is 79.0 cm³/mol. The minimum absolute atomic E-state index is 0.0469. The van der Waals surface area contributed by atoms with E-state index in [-0.39, 0.29) is 11.9 Å². The van der Waals surface area contributed by atoms with Crippen LogP contribution in [0.4, 0.5) is 10.5 Å². The van der Waals surface area contributed by atoms with Crippen molar-refractivity contribution in [2.24, 2.45) is 0 Å². The zero-order valence-corrected chi connectivity index (χ0v) is 12.5. The number of carbonyl (C=O) groups excluding carboxylic acids is 2. The molecular formula is C14H22N4O3. The number of nitrogens with zero attached hydrogens (tertiary/aromatic N) is 2. The van der Waals surface area contributed by atoms with Crippen molar-refractivity contribution in [3.8, 4) is 0 Å². The Bertz CT molecular complexity index is 526. The van der Waals surface area contributed by atoms with Crippen LogP contribution in [0.1, 0.15) is 30.3 Å². The average molecular weight is 294 g/mol. The van der Waals surface area contributed by atoms with Crippen LogP contribution in [-0.4, -0.2) is 47.7 Å². The number of likely N-dealkylation sites (tertiary alicyclic amines) is 1. The highest BCUT2D eigenvalue weighted by molar-refractivity contribution is 5.94. The first-order chi connectivity index (χ1) is 10.0. The van der Waals surface area contributed by atoms with Crippen LogP contribution in [0.25, 0.3) is 0 Å². The Morgan fingerprint density at radius 2 is 2.29 bits per heavy atom. The number of alkyl carbamates (subject to hydrolysis) is 1. The fraction of sp³-hybridized carbons (Fsp3) is 0.571. The van der Waals surface area contributed by atoms with Crippen LogP contribution in [0, 0.1) is 0 Å². The molecular weight excluding hydrogens is 272 g/mol. The molecule has 7 heteroatoms. The lowest BCUT2D eigenvalue weighted by atomic mass is 10.3. The molecule has 1 unspecified atom stereocenters. The monoisotopic (exact) mass is 294 g/mol. The molecule has 0 spiro atoms. The number of carbonyl (C=O) groups is 2. The summed E-state index contributed by atoms with van der Waals surface area (Å²) < 4.78 is 6.46. The van der Waals surface area contributed by atoms with Gasteiger partial charge in [0.15, 0.2) is 0 Å². The van der Waals surface area contributed by atoms with E-state index in [2.05, 4.69) is 17.0 Å².